The Morgan fingerprint density at radius 2 is 1.75 bits per heavy atom. The number of rotatable bonds is 4. The second kappa shape index (κ2) is 7.45. The van der Waals surface area contributed by atoms with Gasteiger partial charge in [0.2, 0.25) is 0 Å². The van der Waals surface area contributed by atoms with Crippen LogP contribution in [0.25, 0.3) is 5.65 Å². The molecule has 2 aromatic heterocycles. The number of aliphatic hydroxyl groups is 1. The summed E-state index contributed by atoms with van der Waals surface area (Å²) < 4.78 is 79.1. The average Bonchev–Trinajstić information content (AvgIpc) is 3.02. The van der Waals surface area contributed by atoms with Crippen molar-refractivity contribution >= 4 is 29.0 Å². The van der Waals surface area contributed by atoms with Gasteiger partial charge in [0.25, 0.3) is 0 Å². The van der Waals surface area contributed by atoms with E-state index in [0.717, 1.165) is 34.5 Å². The zero-order valence-corrected chi connectivity index (χ0v) is 15.2. The molecule has 1 N–H and O–H groups in total. The van der Waals surface area contributed by atoms with Crippen molar-refractivity contribution in [1.82, 2.24) is 14.6 Å². The topological polar surface area (TPSA) is 50.4 Å². The molecule has 1 unspecified atom stereocenters. The molecule has 1 atom stereocenters. The molecule has 0 aliphatic carbocycles. The van der Waals surface area contributed by atoms with Gasteiger partial charge in [-0.3, -0.25) is 4.40 Å². The normalized spacial score (nSPS) is 13.9. The molecule has 12 heteroatoms. The zero-order valence-electron chi connectivity index (χ0n) is 13.6. The van der Waals surface area contributed by atoms with Gasteiger partial charge in [-0.1, -0.05) is 41.6 Å². The molecule has 28 heavy (non-hydrogen) atoms. The molecular formula is C16H10ClF6N3OS. The number of aromatic nitrogens is 3. The van der Waals surface area contributed by atoms with Crippen LogP contribution in [0.3, 0.4) is 0 Å². The van der Waals surface area contributed by atoms with Gasteiger partial charge in [0.1, 0.15) is 0 Å². The largest absolute Gasteiger partial charge is 0.417 e. The maximum atomic E-state index is 13.1. The van der Waals surface area contributed by atoms with E-state index in [2.05, 4.69) is 10.2 Å². The lowest BCUT2D eigenvalue weighted by Gasteiger charge is -2.17. The molecule has 1 aromatic carbocycles. The van der Waals surface area contributed by atoms with E-state index in [4.69, 9.17) is 11.6 Å². The van der Waals surface area contributed by atoms with E-state index in [1.54, 1.807) is 0 Å². The molecule has 3 aromatic rings. The SMILES string of the molecule is OC(CSc1nnc2c(Cl)cc(C(F)(F)F)cn12)c1ccccc1C(F)(F)F. The first kappa shape index (κ1) is 20.7. The minimum atomic E-state index is -4.66. The Morgan fingerprint density at radius 3 is 2.39 bits per heavy atom. The van der Waals surface area contributed by atoms with Crippen molar-refractivity contribution in [1.29, 1.82) is 0 Å². The summed E-state index contributed by atoms with van der Waals surface area (Å²) in [5.74, 6) is -0.290. The predicted octanol–water partition coefficient (Wildman–Crippen LogP) is 5.25. The lowest BCUT2D eigenvalue weighted by atomic mass is 10.0. The molecule has 150 valence electrons. The van der Waals surface area contributed by atoms with Crippen molar-refractivity contribution in [3.05, 3.63) is 58.2 Å². The minimum absolute atomic E-state index is 0.0395. The van der Waals surface area contributed by atoms with Crippen LogP contribution in [0.4, 0.5) is 26.3 Å². The maximum Gasteiger partial charge on any atom is 0.417 e. The van der Waals surface area contributed by atoms with E-state index in [1.165, 1.54) is 12.1 Å². The molecule has 0 radical (unpaired) electrons. The molecule has 0 amide bonds. The van der Waals surface area contributed by atoms with Gasteiger partial charge in [-0.2, -0.15) is 26.3 Å². The summed E-state index contributed by atoms with van der Waals surface area (Å²) in [6, 6.07) is 5.22. The van der Waals surface area contributed by atoms with Crippen LogP contribution in [0.1, 0.15) is 22.8 Å². The van der Waals surface area contributed by atoms with Gasteiger partial charge in [-0.25, -0.2) is 0 Å². The first-order valence-electron chi connectivity index (χ1n) is 7.57. The zero-order chi connectivity index (χ0) is 20.7. The van der Waals surface area contributed by atoms with Crippen LogP contribution in [-0.4, -0.2) is 25.5 Å². The van der Waals surface area contributed by atoms with Gasteiger partial charge in [0.15, 0.2) is 10.8 Å². The van der Waals surface area contributed by atoms with Crippen molar-refractivity contribution in [3.8, 4) is 0 Å². The Balaban J connectivity index is 1.88. The van der Waals surface area contributed by atoms with E-state index in [-0.39, 0.29) is 27.1 Å². The van der Waals surface area contributed by atoms with E-state index in [1.807, 2.05) is 0 Å². The summed E-state index contributed by atoms with van der Waals surface area (Å²) >= 11 is 6.56. The Labute approximate surface area is 163 Å². The van der Waals surface area contributed by atoms with Crippen LogP contribution in [0.5, 0.6) is 0 Å². The fraction of sp³-hybridized carbons (Fsp3) is 0.250. The van der Waals surface area contributed by atoms with Crippen LogP contribution in [-0.2, 0) is 12.4 Å². The molecule has 0 spiro atoms. The highest BCUT2D eigenvalue weighted by Crippen LogP contribution is 2.37. The number of pyridine rings is 1. The Bertz CT molecular complexity index is 1000. The van der Waals surface area contributed by atoms with Crippen molar-refractivity contribution in [2.45, 2.75) is 23.6 Å². The molecular weight excluding hydrogens is 432 g/mol. The van der Waals surface area contributed by atoms with E-state index in [0.29, 0.717) is 6.07 Å². The molecule has 0 aliphatic heterocycles. The third-order valence-electron chi connectivity index (χ3n) is 3.75. The Morgan fingerprint density at radius 1 is 1.07 bits per heavy atom. The number of nitrogens with zero attached hydrogens (tertiary/aromatic N) is 3. The number of hydrogen-bond donors (Lipinski definition) is 1. The summed E-state index contributed by atoms with van der Waals surface area (Å²) in [6.07, 6.45) is -10.1. The number of aliphatic hydroxyl groups excluding tert-OH is 1. The monoisotopic (exact) mass is 441 g/mol. The molecule has 0 bridgehead atoms. The molecule has 3 rings (SSSR count). The van der Waals surface area contributed by atoms with Crippen LogP contribution < -0.4 is 0 Å². The molecule has 0 aliphatic rings. The van der Waals surface area contributed by atoms with E-state index >= 15 is 0 Å². The van der Waals surface area contributed by atoms with Gasteiger partial charge >= 0.3 is 12.4 Å². The average molecular weight is 442 g/mol. The second-order valence-electron chi connectivity index (χ2n) is 5.66. The van der Waals surface area contributed by atoms with Gasteiger partial charge in [0.05, 0.1) is 22.3 Å². The number of fused-ring (bicyclic) bond motifs is 1. The molecule has 0 saturated heterocycles. The highest BCUT2D eigenvalue weighted by Gasteiger charge is 2.35. The third-order valence-corrected chi connectivity index (χ3v) is 5.05. The predicted molar refractivity (Wildman–Crippen MR) is 90.1 cm³/mol. The number of thioether (sulfide) groups is 1. The van der Waals surface area contributed by atoms with Crippen molar-refractivity contribution in [2.75, 3.05) is 5.75 Å². The Hall–Kier alpha value is -1.98. The van der Waals surface area contributed by atoms with Gasteiger partial charge in [-0.15, -0.1) is 10.2 Å². The molecule has 2 heterocycles. The van der Waals surface area contributed by atoms with E-state index in [9.17, 15) is 31.4 Å². The highest BCUT2D eigenvalue weighted by molar-refractivity contribution is 7.99. The fourth-order valence-corrected chi connectivity index (χ4v) is 3.59. The van der Waals surface area contributed by atoms with Gasteiger partial charge < -0.3 is 5.11 Å². The standard InChI is InChI=1S/C16H10ClF6N3OS/c17-11-5-8(15(18,19)20)6-26-13(11)24-25-14(26)28-7-12(27)9-3-1-2-4-10(9)16(21,22)23/h1-6,12,27H,7H2. The lowest BCUT2D eigenvalue weighted by Crippen LogP contribution is -2.13. The van der Waals surface area contributed by atoms with E-state index < -0.39 is 29.6 Å². The number of benzene rings is 1. The summed E-state index contributed by atoms with van der Waals surface area (Å²) in [5, 5.41) is 17.2. The fourth-order valence-electron chi connectivity index (χ4n) is 2.48. The van der Waals surface area contributed by atoms with Gasteiger partial charge in [-0.05, 0) is 17.7 Å². The number of halogens is 7. The first-order valence-corrected chi connectivity index (χ1v) is 8.93. The molecule has 0 fully saturated rings. The lowest BCUT2D eigenvalue weighted by molar-refractivity contribution is -0.139. The van der Waals surface area contributed by atoms with Crippen LogP contribution in [0.15, 0.2) is 41.7 Å². The van der Waals surface area contributed by atoms with Crippen molar-refractivity contribution in [2.24, 2.45) is 0 Å². The molecule has 0 saturated carbocycles. The summed E-state index contributed by atoms with van der Waals surface area (Å²) in [4.78, 5) is 0. The van der Waals surface area contributed by atoms with Crippen molar-refractivity contribution in [3.63, 3.8) is 0 Å². The Kier molecular flexibility index (Phi) is 5.52. The van der Waals surface area contributed by atoms with Crippen LogP contribution in [0, 0.1) is 0 Å². The minimum Gasteiger partial charge on any atom is -0.388 e. The second-order valence-corrected chi connectivity index (χ2v) is 7.06. The quantitative estimate of drug-likeness (QED) is 0.444. The van der Waals surface area contributed by atoms with Crippen LogP contribution >= 0.6 is 23.4 Å². The summed E-state index contributed by atoms with van der Waals surface area (Å²) in [7, 11) is 0. The smallest absolute Gasteiger partial charge is 0.388 e. The third kappa shape index (κ3) is 4.20. The number of alkyl halides is 6. The number of hydrogen-bond acceptors (Lipinski definition) is 4. The molecule has 4 nitrogen and oxygen atoms in total. The maximum absolute atomic E-state index is 13.1. The first-order chi connectivity index (χ1) is 13.0. The van der Waals surface area contributed by atoms with Gasteiger partial charge in [0, 0.05) is 11.9 Å². The summed E-state index contributed by atoms with van der Waals surface area (Å²) in [5.41, 5.74) is -2.40. The highest BCUT2D eigenvalue weighted by atomic mass is 35.5. The van der Waals surface area contributed by atoms with Crippen LogP contribution in [0.2, 0.25) is 5.02 Å². The summed E-state index contributed by atoms with van der Waals surface area (Å²) in [6.45, 7) is 0. The van der Waals surface area contributed by atoms with Crippen molar-refractivity contribution < 1.29 is 31.4 Å².